The summed E-state index contributed by atoms with van der Waals surface area (Å²) in [5, 5.41) is 3.03. The second kappa shape index (κ2) is 6.03. The Labute approximate surface area is 130 Å². The van der Waals surface area contributed by atoms with Crippen molar-refractivity contribution in [3.8, 4) is 0 Å². The zero-order valence-electron chi connectivity index (χ0n) is 13.6. The van der Waals surface area contributed by atoms with Gasteiger partial charge >= 0.3 is 0 Å². The molecule has 0 saturated carbocycles. The molecule has 0 fully saturated rings. The number of hydrogen-bond donors (Lipinski definition) is 1. The zero-order valence-corrected chi connectivity index (χ0v) is 13.6. The van der Waals surface area contributed by atoms with Crippen molar-refractivity contribution in [2.45, 2.75) is 46.5 Å². The molecule has 0 unspecified atom stereocenters. The van der Waals surface area contributed by atoms with E-state index >= 15 is 0 Å². The van der Waals surface area contributed by atoms with Gasteiger partial charge in [0.2, 0.25) is 0 Å². The Morgan fingerprint density at radius 2 is 1.91 bits per heavy atom. The van der Waals surface area contributed by atoms with Crippen LogP contribution in [0, 0.1) is 13.8 Å². The number of allylic oxidation sites excluding steroid dienone is 2. The minimum atomic E-state index is -2.99. The maximum atomic E-state index is 14.0. The van der Waals surface area contributed by atoms with Crippen molar-refractivity contribution >= 4 is 5.84 Å². The van der Waals surface area contributed by atoms with Crippen LogP contribution in [0.1, 0.15) is 37.0 Å². The summed E-state index contributed by atoms with van der Waals surface area (Å²) >= 11 is 0. The van der Waals surface area contributed by atoms with E-state index in [1.807, 2.05) is 39.0 Å². The highest BCUT2D eigenvalue weighted by atomic mass is 19.3. The highest BCUT2D eigenvalue weighted by Crippen LogP contribution is 2.33. The second-order valence-corrected chi connectivity index (χ2v) is 5.83. The molecule has 22 heavy (non-hydrogen) atoms. The number of nitrogens with zero attached hydrogens (tertiary/aromatic N) is 1. The first-order valence-electron chi connectivity index (χ1n) is 7.43. The van der Waals surface area contributed by atoms with Crippen LogP contribution in [-0.4, -0.2) is 11.8 Å². The van der Waals surface area contributed by atoms with E-state index in [1.54, 1.807) is 0 Å². The van der Waals surface area contributed by atoms with E-state index in [9.17, 15) is 8.78 Å². The van der Waals surface area contributed by atoms with E-state index in [4.69, 9.17) is 0 Å². The van der Waals surface area contributed by atoms with E-state index < -0.39 is 5.92 Å². The lowest BCUT2D eigenvalue weighted by Crippen LogP contribution is -2.31. The van der Waals surface area contributed by atoms with Gasteiger partial charge in [0.15, 0.2) is 0 Å². The fourth-order valence-corrected chi connectivity index (χ4v) is 2.46. The highest BCUT2D eigenvalue weighted by Gasteiger charge is 2.34. The lowest BCUT2D eigenvalue weighted by atomic mass is 9.95. The largest absolute Gasteiger partial charge is 0.344 e. The molecule has 0 aliphatic carbocycles. The molecular formula is C18H22F2N2. The van der Waals surface area contributed by atoms with Crippen LogP contribution in [-0.2, 0) is 6.42 Å². The van der Waals surface area contributed by atoms with Gasteiger partial charge in [0.25, 0.3) is 5.92 Å². The third-order valence-electron chi connectivity index (χ3n) is 3.89. The average molecular weight is 304 g/mol. The Morgan fingerprint density at radius 1 is 1.23 bits per heavy atom. The molecule has 0 radical (unpaired) electrons. The van der Waals surface area contributed by atoms with Crippen molar-refractivity contribution in [1.29, 1.82) is 0 Å². The predicted molar refractivity (Wildman–Crippen MR) is 87.3 cm³/mol. The van der Waals surface area contributed by atoms with Crippen LogP contribution in [0.5, 0.6) is 0 Å². The smallest absolute Gasteiger partial charge is 0.287 e. The first-order valence-corrected chi connectivity index (χ1v) is 7.43. The molecule has 2 nitrogen and oxygen atoms in total. The maximum absolute atomic E-state index is 14.0. The Morgan fingerprint density at radius 3 is 2.45 bits per heavy atom. The van der Waals surface area contributed by atoms with Gasteiger partial charge in [-0.05, 0) is 30.5 Å². The number of rotatable bonds is 4. The molecule has 0 saturated heterocycles. The molecule has 118 valence electrons. The molecule has 1 N–H and O–H groups in total. The minimum absolute atomic E-state index is 0.175. The van der Waals surface area contributed by atoms with Crippen LogP contribution >= 0.6 is 0 Å². The summed E-state index contributed by atoms with van der Waals surface area (Å²) < 4.78 is 27.9. The van der Waals surface area contributed by atoms with E-state index in [2.05, 4.69) is 16.9 Å². The molecule has 2 rings (SSSR count). The number of nitrogens with one attached hydrogen (secondary N) is 1. The van der Waals surface area contributed by atoms with Gasteiger partial charge in [0.1, 0.15) is 11.5 Å². The molecule has 1 aliphatic rings. The van der Waals surface area contributed by atoms with E-state index in [1.165, 1.54) is 5.56 Å². The molecule has 0 aromatic heterocycles. The number of alkyl halides is 2. The quantitative estimate of drug-likeness (QED) is 0.858. The lowest BCUT2D eigenvalue weighted by Gasteiger charge is -2.26. The molecular weight excluding hydrogens is 282 g/mol. The van der Waals surface area contributed by atoms with Crippen molar-refractivity contribution in [3.05, 3.63) is 58.4 Å². The number of halogens is 2. The number of amidine groups is 1. The van der Waals surface area contributed by atoms with E-state index in [0.29, 0.717) is 29.9 Å². The first kappa shape index (κ1) is 16.4. The highest BCUT2D eigenvalue weighted by molar-refractivity contribution is 5.87. The van der Waals surface area contributed by atoms with Gasteiger partial charge < -0.3 is 5.32 Å². The van der Waals surface area contributed by atoms with Crippen molar-refractivity contribution < 1.29 is 8.78 Å². The number of hydrogen-bond acceptors (Lipinski definition) is 2. The summed E-state index contributed by atoms with van der Waals surface area (Å²) in [6, 6.07) is 6.00. The topological polar surface area (TPSA) is 24.4 Å². The molecule has 1 aliphatic heterocycles. The summed E-state index contributed by atoms with van der Waals surface area (Å²) in [6.07, 6.45) is 0.960. The van der Waals surface area contributed by atoms with E-state index in [-0.39, 0.29) is 5.70 Å². The molecule has 0 amide bonds. The zero-order chi connectivity index (χ0) is 16.5. The third kappa shape index (κ3) is 3.43. The summed E-state index contributed by atoms with van der Waals surface area (Å²) in [7, 11) is 0. The van der Waals surface area contributed by atoms with Crippen LogP contribution in [0.3, 0.4) is 0 Å². The lowest BCUT2D eigenvalue weighted by molar-refractivity contribution is 0.0605. The van der Waals surface area contributed by atoms with Gasteiger partial charge in [-0.15, -0.1) is 0 Å². The van der Waals surface area contributed by atoms with Crippen molar-refractivity contribution in [3.63, 3.8) is 0 Å². The molecule has 1 aromatic carbocycles. The summed E-state index contributed by atoms with van der Waals surface area (Å²) in [6.45, 7) is 10.7. The number of aliphatic imine (C=N–C) groups is 1. The fraction of sp³-hybridized carbons (Fsp3) is 0.389. The summed E-state index contributed by atoms with van der Waals surface area (Å²) in [5.41, 5.74) is 4.14. The number of aryl methyl sites for hydroxylation is 2. The van der Waals surface area contributed by atoms with Gasteiger partial charge in [0.05, 0.1) is 0 Å². The van der Waals surface area contributed by atoms with Crippen LogP contribution in [0.25, 0.3) is 0 Å². The Bertz CT molecular complexity index is 664. The molecule has 0 spiro atoms. The number of benzene rings is 1. The van der Waals surface area contributed by atoms with Crippen LogP contribution in [0.2, 0.25) is 0 Å². The molecule has 4 heteroatoms. The Kier molecular flexibility index (Phi) is 4.50. The van der Waals surface area contributed by atoms with E-state index in [0.717, 1.165) is 18.1 Å². The third-order valence-corrected chi connectivity index (χ3v) is 3.89. The van der Waals surface area contributed by atoms with Gasteiger partial charge in [-0.25, -0.2) is 4.99 Å². The van der Waals surface area contributed by atoms with Crippen molar-refractivity contribution in [2.75, 3.05) is 0 Å². The standard InChI is InChI=1S/C18H22F2N2/c1-6-16-21-13(4)15(17(22-16)18(5,19)20)10-14-8-7-11(2)12(3)9-14/h7-9H,4,6,10H2,1-3,5H3,(H,21,22). The van der Waals surface area contributed by atoms with Crippen LogP contribution in [0.4, 0.5) is 8.78 Å². The maximum Gasteiger partial charge on any atom is 0.287 e. The average Bonchev–Trinajstić information content (AvgIpc) is 2.43. The fourth-order valence-electron chi connectivity index (χ4n) is 2.46. The van der Waals surface area contributed by atoms with Crippen LogP contribution in [0.15, 0.2) is 46.7 Å². The molecule has 1 aromatic rings. The molecule has 0 bridgehead atoms. The molecule has 0 atom stereocenters. The normalized spacial score (nSPS) is 15.7. The monoisotopic (exact) mass is 304 g/mol. The second-order valence-electron chi connectivity index (χ2n) is 5.83. The summed E-state index contributed by atoms with van der Waals surface area (Å²) in [5.74, 6) is -2.45. The van der Waals surface area contributed by atoms with Crippen molar-refractivity contribution in [2.24, 2.45) is 4.99 Å². The Hall–Kier alpha value is -1.97. The minimum Gasteiger partial charge on any atom is -0.344 e. The predicted octanol–water partition coefficient (Wildman–Crippen LogP) is 4.68. The Balaban J connectivity index is 2.47. The SMILES string of the molecule is C=C1NC(CC)=NC(C(C)(F)F)=C1Cc1ccc(C)c(C)c1. The van der Waals surface area contributed by atoms with Gasteiger partial charge in [-0.1, -0.05) is 31.7 Å². The summed E-state index contributed by atoms with van der Waals surface area (Å²) in [4.78, 5) is 4.11. The first-order chi connectivity index (χ1) is 10.2. The van der Waals surface area contributed by atoms with Crippen LogP contribution < -0.4 is 5.32 Å². The van der Waals surface area contributed by atoms with Gasteiger partial charge in [-0.3, -0.25) is 0 Å². The van der Waals surface area contributed by atoms with Crippen molar-refractivity contribution in [1.82, 2.24) is 5.32 Å². The van der Waals surface area contributed by atoms with Gasteiger partial charge in [0, 0.05) is 31.0 Å². The van der Waals surface area contributed by atoms with Gasteiger partial charge in [-0.2, -0.15) is 8.78 Å². The molecule has 1 heterocycles.